The van der Waals surface area contributed by atoms with Crippen molar-refractivity contribution in [1.82, 2.24) is 10.6 Å². The van der Waals surface area contributed by atoms with Crippen molar-refractivity contribution in [2.24, 2.45) is 16.8 Å². The molecule has 66 heavy (non-hydrogen) atoms. The first-order valence-electron chi connectivity index (χ1n) is 21.6. The molecule has 9 rings (SSSR count). The summed E-state index contributed by atoms with van der Waals surface area (Å²) in [5, 5.41) is 8.61. The van der Waals surface area contributed by atoms with Crippen LogP contribution in [-0.4, -0.2) is 120 Å². The van der Waals surface area contributed by atoms with E-state index >= 15 is 0 Å². The van der Waals surface area contributed by atoms with Crippen molar-refractivity contribution in [2.75, 3.05) is 92.3 Å². The molecule has 4 amide bonds. The predicted octanol–water partition coefficient (Wildman–Crippen LogP) is 8.18. The molecule has 4 aromatic rings. The maximum atomic E-state index is 12.4. The Morgan fingerprint density at radius 2 is 1.23 bits per heavy atom. The van der Waals surface area contributed by atoms with E-state index < -0.39 is 18.3 Å². The number of ether oxygens (including phenoxy) is 4. The number of amides is 4. The van der Waals surface area contributed by atoms with Crippen LogP contribution in [0.15, 0.2) is 77.8 Å². The van der Waals surface area contributed by atoms with Crippen LogP contribution in [0, 0.1) is 11.8 Å². The molecule has 5 aliphatic rings. The average molecular weight is 1000 g/mol. The average Bonchev–Trinajstić information content (AvgIpc) is 4.18. The fraction of sp³-hybridized carbons (Fsp3) is 0.422. The van der Waals surface area contributed by atoms with E-state index in [-0.39, 0.29) is 42.2 Å². The number of hydrogen-bond donors (Lipinski definition) is 3. The summed E-state index contributed by atoms with van der Waals surface area (Å²) in [6.45, 7) is 8.64. The van der Waals surface area contributed by atoms with Crippen molar-refractivity contribution < 1.29 is 42.9 Å². The number of cyclic esters (lactones) is 2. The Hall–Kier alpha value is -4.95. The number of nitrogens with one attached hydrogen (secondary N) is 3. The van der Waals surface area contributed by atoms with Crippen molar-refractivity contribution in [2.45, 2.75) is 38.4 Å². The largest absolute Gasteiger partial charge is 0.442 e. The van der Waals surface area contributed by atoms with Gasteiger partial charge in [-0.2, -0.15) is 0 Å². The van der Waals surface area contributed by atoms with E-state index in [9.17, 15) is 24.0 Å². The molecule has 0 radical (unpaired) electrons. The number of nitrogens with zero attached hydrogens (tertiary/aromatic N) is 4. The second-order valence-corrected chi connectivity index (χ2v) is 19.5. The third-order valence-corrected chi connectivity index (χ3v) is 13.7. The van der Waals surface area contributed by atoms with Gasteiger partial charge in [0.05, 0.1) is 70.3 Å². The SMILES string of the molecule is CCCNc1ccc(N2C[C@H](CNC(=O)c3ccc(Cl)s3)OC2=O)cc1.O=C(Cl)C1CCOC1.O=C(NC[C@H]1CN(c2ccc(N3CCN=C3C3CCOC3)cc2)C(=O)O1)c1ccc(Cl)s1. The van der Waals surface area contributed by atoms with E-state index in [4.69, 9.17) is 58.7 Å². The Labute approximate surface area is 405 Å². The summed E-state index contributed by atoms with van der Waals surface area (Å²) in [6, 6.07) is 22.2. The standard InChI is InChI=1S/C22H23ClN4O4S.C18H20ClN3O3S.C5H7ClO2/c23-19-6-5-18(32-19)21(28)25-11-17-12-27(22(29)31-17)16-3-1-15(2-4-16)26-9-8-24-20(26)14-7-10-30-13-14;1-2-9-20-12-3-5-13(6-4-12)22-11-14(25-18(22)24)10-21-17(23)15-7-8-16(19)26-15;6-5(7)4-1-2-8-3-4/h1-6,14,17H,7-13H2,(H,25,28);3-8,14,20H,2,9-11H2,1H3,(H,21,23);4H,1-3H2/t14?,17-;14-;/m00./s1. The first-order valence-corrected chi connectivity index (χ1v) is 24.4. The fourth-order valence-electron chi connectivity index (χ4n) is 7.51. The topological polar surface area (TPSA) is 180 Å². The second kappa shape index (κ2) is 23.7. The Morgan fingerprint density at radius 1 is 0.712 bits per heavy atom. The van der Waals surface area contributed by atoms with E-state index in [1.54, 1.807) is 34.1 Å². The molecule has 4 atom stereocenters. The van der Waals surface area contributed by atoms with Gasteiger partial charge in [0.25, 0.3) is 11.8 Å². The van der Waals surface area contributed by atoms with Gasteiger partial charge in [0.15, 0.2) is 0 Å². The van der Waals surface area contributed by atoms with Crippen LogP contribution in [0.3, 0.4) is 0 Å². The molecule has 21 heteroatoms. The number of benzene rings is 2. The van der Waals surface area contributed by atoms with Crippen LogP contribution in [0.2, 0.25) is 8.67 Å². The third kappa shape index (κ3) is 13.1. The Morgan fingerprint density at radius 3 is 1.67 bits per heavy atom. The van der Waals surface area contributed by atoms with Crippen molar-refractivity contribution >= 4 is 115 Å². The minimum atomic E-state index is -0.416. The smallest absolute Gasteiger partial charge is 0.414 e. The van der Waals surface area contributed by atoms with Crippen LogP contribution in [0.5, 0.6) is 0 Å². The lowest BCUT2D eigenvalue weighted by Gasteiger charge is -2.24. The zero-order chi connectivity index (χ0) is 46.6. The van der Waals surface area contributed by atoms with Gasteiger partial charge in [-0.05, 0) is 104 Å². The third-order valence-electron chi connectivity index (χ3n) is 11.0. The number of carbonyl (C=O) groups is 5. The normalized spacial score (nSPS) is 21.0. The van der Waals surface area contributed by atoms with E-state index in [2.05, 4.69) is 27.8 Å². The molecule has 4 saturated heterocycles. The Balaban J connectivity index is 0.000000171. The van der Waals surface area contributed by atoms with Crippen LogP contribution in [-0.2, 0) is 23.7 Å². The zero-order valence-corrected chi connectivity index (χ0v) is 40.0. The molecule has 2 unspecified atom stereocenters. The van der Waals surface area contributed by atoms with Gasteiger partial charge >= 0.3 is 12.2 Å². The number of anilines is 4. The lowest BCUT2D eigenvalue weighted by atomic mass is 10.1. The van der Waals surface area contributed by atoms with Crippen LogP contribution >= 0.6 is 57.5 Å². The highest BCUT2D eigenvalue weighted by Crippen LogP contribution is 2.30. The van der Waals surface area contributed by atoms with E-state index in [1.807, 2.05) is 48.5 Å². The summed E-state index contributed by atoms with van der Waals surface area (Å²) in [5.41, 5.74) is 3.61. The lowest BCUT2D eigenvalue weighted by molar-refractivity contribution is -0.115. The van der Waals surface area contributed by atoms with Gasteiger partial charge in [0.2, 0.25) is 5.24 Å². The van der Waals surface area contributed by atoms with Gasteiger partial charge in [-0.15, -0.1) is 22.7 Å². The highest BCUT2D eigenvalue weighted by Gasteiger charge is 2.35. The van der Waals surface area contributed by atoms with Gasteiger partial charge < -0.3 is 39.8 Å². The molecule has 2 aromatic carbocycles. The predicted molar refractivity (Wildman–Crippen MR) is 259 cm³/mol. The minimum absolute atomic E-state index is 0.0309. The summed E-state index contributed by atoms with van der Waals surface area (Å²) in [4.78, 5) is 70.3. The molecule has 16 nitrogen and oxygen atoms in total. The maximum Gasteiger partial charge on any atom is 0.414 e. The number of thiophene rings is 2. The first-order chi connectivity index (χ1) is 31.9. The molecule has 7 heterocycles. The number of rotatable bonds is 14. The highest BCUT2D eigenvalue weighted by molar-refractivity contribution is 7.18. The molecule has 3 N–H and O–H groups in total. The molecule has 5 aliphatic heterocycles. The van der Waals surface area contributed by atoms with Crippen molar-refractivity contribution in [3.63, 3.8) is 0 Å². The first kappa shape index (κ1) is 49.0. The van der Waals surface area contributed by atoms with Gasteiger partial charge in [-0.25, -0.2) is 9.59 Å². The van der Waals surface area contributed by atoms with Crippen LogP contribution < -0.4 is 30.7 Å². The summed E-state index contributed by atoms with van der Waals surface area (Å²) < 4.78 is 22.3. The Kier molecular flexibility index (Phi) is 17.6. The van der Waals surface area contributed by atoms with E-state index in [1.165, 1.54) is 22.7 Å². The van der Waals surface area contributed by atoms with Crippen molar-refractivity contribution in [3.05, 3.63) is 91.2 Å². The van der Waals surface area contributed by atoms with Crippen LogP contribution in [0.4, 0.5) is 32.3 Å². The second-order valence-electron chi connectivity index (χ2n) is 15.7. The Bertz CT molecular complexity index is 2340. The molecule has 2 aromatic heterocycles. The molecular weight excluding hydrogens is 953 g/mol. The molecular formula is C45H50Cl3N7O9S2. The van der Waals surface area contributed by atoms with Gasteiger partial charge in [0.1, 0.15) is 18.0 Å². The molecule has 4 fully saturated rings. The van der Waals surface area contributed by atoms with Gasteiger partial charge in [-0.3, -0.25) is 29.2 Å². The highest BCUT2D eigenvalue weighted by atomic mass is 35.5. The number of aliphatic imine (C=N–C) groups is 1. The van der Waals surface area contributed by atoms with Crippen LogP contribution in [0.25, 0.3) is 0 Å². The van der Waals surface area contributed by atoms with Crippen molar-refractivity contribution in [1.29, 1.82) is 0 Å². The summed E-state index contributed by atoms with van der Waals surface area (Å²) in [6.07, 6.45) is 1.22. The number of hydrogen-bond acceptors (Lipinski definition) is 14. The summed E-state index contributed by atoms with van der Waals surface area (Å²) in [7, 11) is 0. The molecule has 0 saturated carbocycles. The molecule has 0 spiro atoms. The van der Waals surface area contributed by atoms with E-state index in [0.29, 0.717) is 50.6 Å². The minimum Gasteiger partial charge on any atom is -0.442 e. The van der Waals surface area contributed by atoms with Gasteiger partial charge in [-0.1, -0.05) is 30.1 Å². The molecule has 0 aliphatic carbocycles. The monoisotopic (exact) mass is 1000 g/mol. The van der Waals surface area contributed by atoms with E-state index in [0.717, 1.165) is 80.7 Å². The molecule has 352 valence electrons. The quantitative estimate of drug-likeness (QED) is 0.104. The number of halogens is 3. The summed E-state index contributed by atoms with van der Waals surface area (Å²) in [5.74, 6) is 0.974. The lowest BCUT2D eigenvalue weighted by Crippen LogP contribution is -2.34. The summed E-state index contributed by atoms with van der Waals surface area (Å²) >= 11 is 19.3. The fourth-order valence-corrected chi connectivity index (χ4v) is 9.60. The maximum absolute atomic E-state index is 12.4. The number of amidine groups is 1. The van der Waals surface area contributed by atoms with Gasteiger partial charge in [0, 0.05) is 55.0 Å². The molecule has 0 bridgehead atoms. The van der Waals surface area contributed by atoms with Crippen LogP contribution in [0.1, 0.15) is 45.5 Å². The van der Waals surface area contributed by atoms with Crippen molar-refractivity contribution in [3.8, 4) is 0 Å². The zero-order valence-electron chi connectivity index (χ0n) is 36.1. The number of carbonyl (C=O) groups excluding carboxylic acids is 5.